The maximum Gasteiger partial charge on any atom is 0.0175 e. The molecule has 0 amide bonds. The van der Waals surface area contributed by atoms with E-state index in [0.29, 0.717) is 0 Å². The Morgan fingerprint density at radius 2 is 2.33 bits per heavy atom. The van der Waals surface area contributed by atoms with Crippen LogP contribution in [-0.4, -0.2) is 48.6 Å². The third-order valence-corrected chi connectivity index (χ3v) is 4.78. The molecule has 2 heterocycles. The van der Waals surface area contributed by atoms with Gasteiger partial charge in [0.15, 0.2) is 0 Å². The number of rotatable bonds is 2. The SMILES string of the molecule is CC1CNCCN(CC2CCCCS2)C1. The van der Waals surface area contributed by atoms with Crippen LogP contribution in [0.2, 0.25) is 0 Å². The lowest BCUT2D eigenvalue weighted by Gasteiger charge is -2.29. The van der Waals surface area contributed by atoms with Gasteiger partial charge < -0.3 is 10.2 Å². The van der Waals surface area contributed by atoms with Gasteiger partial charge >= 0.3 is 0 Å². The van der Waals surface area contributed by atoms with Crippen molar-refractivity contribution < 1.29 is 0 Å². The molecular weight excluding hydrogens is 204 g/mol. The summed E-state index contributed by atoms with van der Waals surface area (Å²) in [5.41, 5.74) is 0. The predicted molar refractivity (Wildman–Crippen MR) is 68.6 cm³/mol. The molecule has 15 heavy (non-hydrogen) atoms. The zero-order chi connectivity index (χ0) is 10.5. The quantitative estimate of drug-likeness (QED) is 0.776. The molecule has 0 aliphatic carbocycles. The zero-order valence-electron chi connectivity index (χ0n) is 9.87. The average Bonchev–Trinajstić information content (AvgIpc) is 2.44. The monoisotopic (exact) mass is 228 g/mol. The molecule has 2 aliphatic rings. The fraction of sp³-hybridized carbons (Fsp3) is 1.00. The van der Waals surface area contributed by atoms with Crippen molar-refractivity contribution in [2.75, 3.05) is 38.5 Å². The molecular formula is C12H24N2S. The summed E-state index contributed by atoms with van der Waals surface area (Å²) in [7, 11) is 0. The fourth-order valence-electron chi connectivity index (χ4n) is 2.59. The molecule has 3 heteroatoms. The van der Waals surface area contributed by atoms with Crippen molar-refractivity contribution >= 4 is 11.8 Å². The van der Waals surface area contributed by atoms with Gasteiger partial charge in [-0.05, 0) is 31.1 Å². The Labute approximate surface area is 98.2 Å². The molecule has 2 nitrogen and oxygen atoms in total. The summed E-state index contributed by atoms with van der Waals surface area (Å²) in [5.74, 6) is 2.22. The minimum Gasteiger partial charge on any atom is -0.315 e. The van der Waals surface area contributed by atoms with Gasteiger partial charge in [-0.25, -0.2) is 0 Å². The van der Waals surface area contributed by atoms with Crippen molar-refractivity contribution in [1.29, 1.82) is 0 Å². The third-order valence-electron chi connectivity index (χ3n) is 3.40. The van der Waals surface area contributed by atoms with Gasteiger partial charge in [0.1, 0.15) is 0 Å². The lowest BCUT2D eigenvalue weighted by molar-refractivity contribution is 0.261. The zero-order valence-corrected chi connectivity index (χ0v) is 10.7. The maximum atomic E-state index is 3.52. The van der Waals surface area contributed by atoms with Gasteiger partial charge in [-0.15, -0.1) is 0 Å². The molecule has 0 aromatic heterocycles. The van der Waals surface area contributed by atoms with Crippen LogP contribution in [0, 0.1) is 5.92 Å². The van der Waals surface area contributed by atoms with E-state index >= 15 is 0 Å². The lowest BCUT2D eigenvalue weighted by Crippen LogP contribution is -2.36. The van der Waals surface area contributed by atoms with Crippen LogP contribution >= 0.6 is 11.8 Å². The van der Waals surface area contributed by atoms with Gasteiger partial charge in [0.25, 0.3) is 0 Å². The second-order valence-corrected chi connectivity index (χ2v) is 6.47. The average molecular weight is 228 g/mol. The molecule has 2 unspecified atom stereocenters. The van der Waals surface area contributed by atoms with E-state index in [2.05, 4.69) is 28.9 Å². The molecule has 2 aliphatic heterocycles. The van der Waals surface area contributed by atoms with Crippen molar-refractivity contribution in [2.24, 2.45) is 5.92 Å². The van der Waals surface area contributed by atoms with Crippen molar-refractivity contribution in [2.45, 2.75) is 31.4 Å². The number of hydrogen-bond acceptors (Lipinski definition) is 3. The number of thioether (sulfide) groups is 1. The van der Waals surface area contributed by atoms with E-state index in [1.54, 1.807) is 0 Å². The second-order valence-electron chi connectivity index (χ2n) is 5.06. The Morgan fingerprint density at radius 3 is 3.13 bits per heavy atom. The number of hydrogen-bond donors (Lipinski definition) is 1. The molecule has 0 saturated carbocycles. The second kappa shape index (κ2) is 6.12. The van der Waals surface area contributed by atoms with E-state index in [9.17, 15) is 0 Å². The first-order valence-corrected chi connectivity index (χ1v) is 7.44. The van der Waals surface area contributed by atoms with Gasteiger partial charge in [-0.1, -0.05) is 13.3 Å². The van der Waals surface area contributed by atoms with E-state index in [0.717, 1.165) is 11.2 Å². The highest BCUT2D eigenvalue weighted by atomic mass is 32.2. The van der Waals surface area contributed by atoms with Crippen LogP contribution in [0.15, 0.2) is 0 Å². The molecule has 0 aromatic rings. The van der Waals surface area contributed by atoms with Gasteiger partial charge in [-0.2, -0.15) is 11.8 Å². The van der Waals surface area contributed by atoms with Crippen LogP contribution in [0.4, 0.5) is 0 Å². The minimum atomic E-state index is 0.820. The Kier molecular flexibility index (Phi) is 4.79. The molecule has 1 N–H and O–H groups in total. The third kappa shape index (κ3) is 3.97. The first-order valence-electron chi connectivity index (χ1n) is 6.39. The molecule has 88 valence electrons. The summed E-state index contributed by atoms with van der Waals surface area (Å²) in [5, 5.41) is 4.44. The summed E-state index contributed by atoms with van der Waals surface area (Å²) in [4.78, 5) is 2.67. The Balaban J connectivity index is 1.76. The molecule has 2 fully saturated rings. The Bertz CT molecular complexity index is 180. The van der Waals surface area contributed by atoms with Crippen LogP contribution < -0.4 is 5.32 Å². The standard InChI is InChI=1S/C12H24N2S/c1-11-8-13-5-6-14(9-11)10-12-4-2-3-7-15-12/h11-13H,2-10H2,1H3. The highest BCUT2D eigenvalue weighted by Crippen LogP contribution is 2.25. The summed E-state index contributed by atoms with van der Waals surface area (Å²) in [6.07, 6.45) is 4.35. The molecule has 2 saturated heterocycles. The van der Waals surface area contributed by atoms with Crippen molar-refractivity contribution in [3.8, 4) is 0 Å². The molecule has 0 radical (unpaired) electrons. The van der Waals surface area contributed by atoms with E-state index in [4.69, 9.17) is 0 Å². The topological polar surface area (TPSA) is 15.3 Å². The Morgan fingerprint density at radius 1 is 1.40 bits per heavy atom. The Hall–Kier alpha value is 0.270. The first kappa shape index (κ1) is 11.7. The molecule has 0 spiro atoms. The molecule has 2 rings (SSSR count). The number of nitrogens with zero attached hydrogens (tertiary/aromatic N) is 1. The van der Waals surface area contributed by atoms with Crippen LogP contribution in [0.25, 0.3) is 0 Å². The van der Waals surface area contributed by atoms with E-state index in [1.807, 2.05) is 0 Å². The molecule has 0 bridgehead atoms. The maximum absolute atomic E-state index is 3.52. The summed E-state index contributed by atoms with van der Waals surface area (Å²) >= 11 is 2.20. The van der Waals surface area contributed by atoms with Crippen LogP contribution in [0.1, 0.15) is 26.2 Å². The summed E-state index contributed by atoms with van der Waals surface area (Å²) in [6, 6.07) is 0. The first-order chi connectivity index (χ1) is 7.34. The highest BCUT2D eigenvalue weighted by molar-refractivity contribution is 7.99. The van der Waals surface area contributed by atoms with Gasteiger partial charge in [0.05, 0.1) is 0 Å². The van der Waals surface area contributed by atoms with Gasteiger partial charge in [-0.3, -0.25) is 0 Å². The highest BCUT2D eigenvalue weighted by Gasteiger charge is 2.20. The van der Waals surface area contributed by atoms with Gasteiger partial charge in [0, 0.05) is 31.4 Å². The summed E-state index contributed by atoms with van der Waals surface area (Å²) in [6.45, 7) is 8.62. The van der Waals surface area contributed by atoms with E-state index in [1.165, 1.54) is 57.7 Å². The van der Waals surface area contributed by atoms with E-state index in [-0.39, 0.29) is 0 Å². The van der Waals surface area contributed by atoms with Crippen LogP contribution in [0.5, 0.6) is 0 Å². The van der Waals surface area contributed by atoms with Crippen molar-refractivity contribution in [1.82, 2.24) is 10.2 Å². The molecule has 2 atom stereocenters. The van der Waals surface area contributed by atoms with Gasteiger partial charge in [0.2, 0.25) is 0 Å². The summed E-state index contributed by atoms with van der Waals surface area (Å²) < 4.78 is 0. The smallest absolute Gasteiger partial charge is 0.0175 e. The van der Waals surface area contributed by atoms with E-state index < -0.39 is 0 Å². The normalized spacial score (nSPS) is 35.0. The van der Waals surface area contributed by atoms with Crippen molar-refractivity contribution in [3.05, 3.63) is 0 Å². The number of nitrogens with one attached hydrogen (secondary N) is 1. The van der Waals surface area contributed by atoms with Crippen LogP contribution in [-0.2, 0) is 0 Å². The predicted octanol–water partition coefficient (Wildman–Crippen LogP) is 1.81. The van der Waals surface area contributed by atoms with Crippen molar-refractivity contribution in [3.63, 3.8) is 0 Å². The minimum absolute atomic E-state index is 0.820. The lowest BCUT2D eigenvalue weighted by atomic mass is 10.1. The van der Waals surface area contributed by atoms with Crippen LogP contribution in [0.3, 0.4) is 0 Å². The largest absolute Gasteiger partial charge is 0.315 e. The fourth-order valence-corrected chi connectivity index (χ4v) is 3.94. The molecule has 0 aromatic carbocycles.